The second kappa shape index (κ2) is 9.96. The molecule has 1 aliphatic rings. The van der Waals surface area contributed by atoms with E-state index in [1.807, 2.05) is 43.6 Å². The third-order valence-corrected chi connectivity index (χ3v) is 5.28. The van der Waals surface area contributed by atoms with Crippen molar-refractivity contribution in [2.75, 3.05) is 19.4 Å². The van der Waals surface area contributed by atoms with E-state index in [9.17, 15) is 0 Å². The summed E-state index contributed by atoms with van der Waals surface area (Å²) in [4.78, 5) is 4.31. The van der Waals surface area contributed by atoms with Gasteiger partial charge in [-0.3, -0.25) is 4.98 Å². The lowest BCUT2D eigenvalue weighted by molar-refractivity contribution is 0.700. The van der Waals surface area contributed by atoms with Gasteiger partial charge in [0.25, 0.3) is 0 Å². The second-order valence-corrected chi connectivity index (χ2v) is 7.05. The zero-order chi connectivity index (χ0) is 21.5. The molecule has 1 aromatic heterocycles. The van der Waals surface area contributed by atoms with E-state index in [-0.39, 0.29) is 12.0 Å². The number of rotatable bonds is 5. The van der Waals surface area contributed by atoms with Crippen LogP contribution in [-0.2, 0) is 6.54 Å². The highest BCUT2D eigenvalue weighted by Gasteiger charge is 2.36. The summed E-state index contributed by atoms with van der Waals surface area (Å²) in [5.74, 6) is -0.116. The molecule has 1 aliphatic heterocycles. The van der Waals surface area contributed by atoms with Crippen LogP contribution in [0.2, 0.25) is 0 Å². The molecule has 5 N–H and O–H groups in total. The van der Waals surface area contributed by atoms with E-state index in [0.29, 0.717) is 5.71 Å². The maximum atomic E-state index is 9.14. The summed E-state index contributed by atoms with van der Waals surface area (Å²) in [6.45, 7) is 4.74. The highest BCUT2D eigenvalue weighted by atomic mass is 15.0. The van der Waals surface area contributed by atoms with Gasteiger partial charge >= 0.3 is 0 Å². The smallest absolute Gasteiger partial charge is 0.0653 e. The van der Waals surface area contributed by atoms with E-state index in [4.69, 9.17) is 5.41 Å². The first-order chi connectivity index (χ1) is 14.7. The van der Waals surface area contributed by atoms with Crippen molar-refractivity contribution >= 4 is 17.5 Å². The number of benzene rings is 2. The number of nitrogens with two attached hydrogens (primary N) is 1. The second-order valence-electron chi connectivity index (χ2n) is 7.05. The average molecular weight is 400 g/mol. The molecule has 0 bridgehead atoms. The molecule has 2 heterocycles. The van der Waals surface area contributed by atoms with E-state index < -0.39 is 0 Å². The van der Waals surface area contributed by atoms with Gasteiger partial charge in [-0.15, -0.1) is 0 Å². The van der Waals surface area contributed by atoms with Gasteiger partial charge in [0.05, 0.1) is 17.7 Å². The normalized spacial score (nSPS) is 17.2. The van der Waals surface area contributed by atoms with Crippen molar-refractivity contribution < 1.29 is 0 Å². The number of hydrogen-bond donors (Lipinski definition) is 4. The largest absolute Gasteiger partial charge is 0.377 e. The fraction of sp³-hybridized carbons (Fsp3) is 0.200. The Balaban J connectivity index is 0.00000124. The zero-order valence-corrected chi connectivity index (χ0v) is 17.5. The average Bonchev–Trinajstić information content (AvgIpc) is 2.80. The molecule has 0 aliphatic carbocycles. The molecule has 0 spiro atoms. The van der Waals surface area contributed by atoms with Crippen molar-refractivity contribution in [3.05, 3.63) is 101 Å². The van der Waals surface area contributed by atoms with Gasteiger partial charge in [-0.05, 0) is 48.5 Å². The maximum Gasteiger partial charge on any atom is 0.0653 e. The van der Waals surface area contributed by atoms with Crippen LogP contribution in [0, 0.1) is 5.41 Å². The van der Waals surface area contributed by atoms with E-state index in [1.165, 1.54) is 12.6 Å². The topological polar surface area (TPSA) is 86.8 Å². The Labute approximate surface area is 178 Å². The first-order valence-corrected chi connectivity index (χ1v) is 10.0. The minimum atomic E-state index is -0.116. The molecule has 0 saturated carbocycles. The summed E-state index contributed by atoms with van der Waals surface area (Å²) in [5.41, 5.74) is 11.4. The van der Waals surface area contributed by atoms with Crippen LogP contribution in [0.1, 0.15) is 39.8 Å². The number of nitrogens with one attached hydrogen (secondary N) is 3. The molecule has 2 aromatic carbocycles. The van der Waals surface area contributed by atoms with Crippen LogP contribution in [0.25, 0.3) is 6.08 Å². The Morgan fingerprint density at radius 1 is 1.13 bits per heavy atom. The highest BCUT2D eigenvalue weighted by Crippen LogP contribution is 2.43. The SMILES string of the molecule is C=Cc1cccc2c1C(=N)C(c1cccc(CNC)c1)C(c1cccnc1)N2.CN. The summed E-state index contributed by atoms with van der Waals surface area (Å²) in [7, 11) is 3.45. The molecule has 30 heavy (non-hydrogen) atoms. The maximum absolute atomic E-state index is 9.14. The van der Waals surface area contributed by atoms with Crippen molar-refractivity contribution in [3.8, 4) is 0 Å². The number of pyridine rings is 1. The molecule has 0 radical (unpaired) electrons. The summed E-state index contributed by atoms with van der Waals surface area (Å²) in [6.07, 6.45) is 5.50. The number of aromatic nitrogens is 1. The summed E-state index contributed by atoms with van der Waals surface area (Å²) in [6, 6.07) is 18.5. The molecule has 5 heteroatoms. The van der Waals surface area contributed by atoms with E-state index >= 15 is 0 Å². The molecule has 5 nitrogen and oxygen atoms in total. The lowest BCUT2D eigenvalue weighted by atomic mass is 9.76. The fourth-order valence-electron chi connectivity index (χ4n) is 4.03. The molecule has 154 valence electrons. The number of anilines is 1. The Bertz CT molecular complexity index is 1010. The molecule has 4 rings (SSSR count). The summed E-state index contributed by atoms with van der Waals surface area (Å²) < 4.78 is 0. The van der Waals surface area contributed by atoms with E-state index in [1.54, 1.807) is 6.20 Å². The van der Waals surface area contributed by atoms with Gasteiger partial charge in [0.15, 0.2) is 0 Å². The van der Waals surface area contributed by atoms with Crippen LogP contribution in [0.3, 0.4) is 0 Å². The Morgan fingerprint density at radius 3 is 2.60 bits per heavy atom. The van der Waals surface area contributed by atoms with Crippen LogP contribution in [0.15, 0.2) is 73.6 Å². The van der Waals surface area contributed by atoms with Gasteiger partial charge in [0.2, 0.25) is 0 Å². The predicted octanol–water partition coefficient (Wildman–Crippen LogP) is 4.34. The van der Waals surface area contributed by atoms with Gasteiger partial charge in [-0.25, -0.2) is 0 Å². The lowest BCUT2D eigenvalue weighted by Gasteiger charge is -2.36. The van der Waals surface area contributed by atoms with Crippen LogP contribution in [0.4, 0.5) is 5.69 Å². The van der Waals surface area contributed by atoms with Gasteiger partial charge in [0.1, 0.15) is 0 Å². The molecule has 0 fully saturated rings. The third-order valence-electron chi connectivity index (χ3n) is 5.28. The Hall–Kier alpha value is -3.28. The fourth-order valence-corrected chi connectivity index (χ4v) is 4.03. The van der Waals surface area contributed by atoms with Crippen LogP contribution >= 0.6 is 0 Å². The molecular weight excluding hydrogens is 370 g/mol. The number of fused-ring (bicyclic) bond motifs is 1. The first kappa shape index (κ1) is 21.4. The minimum absolute atomic E-state index is 0.0569. The van der Waals surface area contributed by atoms with Crippen molar-refractivity contribution in [3.63, 3.8) is 0 Å². The zero-order valence-electron chi connectivity index (χ0n) is 17.5. The highest BCUT2D eigenvalue weighted by molar-refractivity contribution is 6.12. The van der Waals surface area contributed by atoms with Crippen molar-refractivity contribution in [2.45, 2.75) is 18.5 Å². The molecule has 3 aromatic rings. The molecular formula is C25H29N5. The van der Waals surface area contributed by atoms with Gasteiger partial charge in [-0.2, -0.15) is 0 Å². The molecule has 2 unspecified atom stereocenters. The van der Waals surface area contributed by atoms with Crippen LogP contribution < -0.4 is 16.4 Å². The summed E-state index contributed by atoms with van der Waals surface area (Å²) >= 11 is 0. The Kier molecular flexibility index (Phi) is 7.12. The molecule has 0 amide bonds. The third kappa shape index (κ3) is 4.17. The first-order valence-electron chi connectivity index (χ1n) is 10.0. The van der Waals surface area contributed by atoms with Gasteiger partial charge in [-0.1, -0.05) is 55.1 Å². The van der Waals surface area contributed by atoms with Crippen molar-refractivity contribution in [1.29, 1.82) is 5.41 Å². The predicted molar refractivity (Wildman–Crippen MR) is 126 cm³/mol. The molecule has 0 saturated heterocycles. The van der Waals surface area contributed by atoms with Crippen molar-refractivity contribution in [2.24, 2.45) is 5.73 Å². The van der Waals surface area contributed by atoms with Crippen molar-refractivity contribution in [1.82, 2.24) is 10.3 Å². The number of nitrogens with zero attached hydrogens (tertiary/aromatic N) is 1. The van der Waals surface area contributed by atoms with Gasteiger partial charge < -0.3 is 21.8 Å². The molecule has 2 atom stereocenters. The standard InChI is InChI=1S/C24H24N4.CH5N/c1-3-17-8-5-11-20-21(17)23(25)22(18-9-4-7-16(13-18)14-26-2)24(28-20)19-10-6-12-27-15-19;1-2/h3-13,15,22,24-26,28H,1,14H2,2H3;2H2,1H3. The van der Waals surface area contributed by atoms with Crippen LogP contribution in [0.5, 0.6) is 0 Å². The van der Waals surface area contributed by atoms with Gasteiger partial charge in [0, 0.05) is 30.2 Å². The monoisotopic (exact) mass is 399 g/mol. The van der Waals surface area contributed by atoms with Crippen LogP contribution in [-0.4, -0.2) is 24.8 Å². The Morgan fingerprint density at radius 2 is 1.90 bits per heavy atom. The van der Waals surface area contributed by atoms with E-state index in [0.717, 1.165) is 34.5 Å². The quantitative estimate of drug-likeness (QED) is 0.514. The number of hydrogen-bond acceptors (Lipinski definition) is 5. The minimum Gasteiger partial charge on any atom is -0.377 e. The summed E-state index contributed by atoms with van der Waals surface area (Å²) in [5, 5.41) is 16.0. The lowest BCUT2D eigenvalue weighted by Crippen LogP contribution is -2.32. The van der Waals surface area contributed by atoms with E-state index in [2.05, 4.69) is 58.3 Å².